The lowest BCUT2D eigenvalue weighted by atomic mass is 10.1. The average Bonchev–Trinajstić information content (AvgIpc) is 2.93. The summed E-state index contributed by atoms with van der Waals surface area (Å²) in [6.07, 6.45) is 1.74. The molecule has 6 heteroatoms. The van der Waals surface area contributed by atoms with Crippen LogP contribution in [0, 0.1) is 0 Å². The summed E-state index contributed by atoms with van der Waals surface area (Å²) in [5, 5.41) is 2.73. The van der Waals surface area contributed by atoms with Crippen LogP contribution in [0.2, 0.25) is 0 Å². The van der Waals surface area contributed by atoms with Crippen LogP contribution in [0.5, 0.6) is 11.5 Å². The lowest BCUT2D eigenvalue weighted by molar-refractivity contribution is 0.171. The van der Waals surface area contributed by atoms with Crippen LogP contribution in [0.3, 0.4) is 0 Å². The topological polar surface area (TPSA) is 47.0 Å². The molecule has 0 spiro atoms. The maximum Gasteiger partial charge on any atom is 0.211 e. The van der Waals surface area contributed by atoms with Crippen molar-refractivity contribution in [2.75, 3.05) is 27.3 Å². The second kappa shape index (κ2) is 5.50. The third-order valence-corrected chi connectivity index (χ3v) is 3.48. The highest BCUT2D eigenvalue weighted by Gasteiger charge is 2.13. The molecule has 1 aromatic heterocycles. The Labute approximate surface area is 121 Å². The quantitative estimate of drug-likeness (QED) is 0.644. The third kappa shape index (κ3) is 2.75. The molecule has 20 heavy (non-hydrogen) atoms. The van der Waals surface area contributed by atoms with Gasteiger partial charge in [-0.05, 0) is 18.2 Å². The van der Waals surface area contributed by atoms with Crippen LogP contribution < -0.4 is 9.47 Å². The Balaban J connectivity index is 1.86. The molecule has 5 nitrogen and oxygen atoms in total. The van der Waals surface area contributed by atoms with Gasteiger partial charge in [0.25, 0.3) is 0 Å². The fraction of sp³-hybridized carbons (Fsp3) is 0.286. The Kier molecular flexibility index (Phi) is 3.56. The van der Waals surface area contributed by atoms with Gasteiger partial charge >= 0.3 is 0 Å². The van der Waals surface area contributed by atoms with Crippen molar-refractivity contribution in [1.82, 2.24) is 9.88 Å². The smallest absolute Gasteiger partial charge is 0.211 e. The number of nitrogens with zero attached hydrogens (tertiary/aromatic N) is 3. The van der Waals surface area contributed by atoms with E-state index in [0.29, 0.717) is 13.2 Å². The number of fused-ring (bicyclic) bond motifs is 1. The van der Waals surface area contributed by atoms with E-state index < -0.39 is 0 Å². The van der Waals surface area contributed by atoms with Crippen LogP contribution in [0.25, 0.3) is 11.3 Å². The minimum Gasteiger partial charge on any atom is -0.486 e. The maximum absolute atomic E-state index is 5.59. The lowest BCUT2D eigenvalue weighted by Crippen LogP contribution is -2.15. The van der Waals surface area contributed by atoms with Crippen molar-refractivity contribution in [1.29, 1.82) is 0 Å². The second-order valence-corrected chi connectivity index (χ2v) is 5.42. The van der Waals surface area contributed by atoms with Crippen LogP contribution in [-0.4, -0.2) is 43.5 Å². The largest absolute Gasteiger partial charge is 0.486 e. The molecule has 0 N–H and O–H groups in total. The number of aromatic nitrogens is 1. The van der Waals surface area contributed by atoms with Gasteiger partial charge in [0.15, 0.2) is 11.5 Å². The number of rotatable bonds is 3. The van der Waals surface area contributed by atoms with Crippen LogP contribution in [-0.2, 0) is 0 Å². The molecule has 104 valence electrons. The summed E-state index contributed by atoms with van der Waals surface area (Å²) in [6.45, 7) is 1.19. The highest BCUT2D eigenvalue weighted by atomic mass is 32.1. The molecule has 0 radical (unpaired) electrons. The molecule has 0 saturated heterocycles. The fourth-order valence-corrected chi connectivity index (χ4v) is 2.49. The number of benzene rings is 1. The summed E-state index contributed by atoms with van der Waals surface area (Å²) in [5.41, 5.74) is 1.91. The Morgan fingerprint density at radius 2 is 2.05 bits per heavy atom. The molecule has 2 heterocycles. The molecule has 2 aromatic rings. The van der Waals surface area contributed by atoms with Gasteiger partial charge in [0.2, 0.25) is 5.13 Å². The van der Waals surface area contributed by atoms with E-state index in [1.165, 1.54) is 11.3 Å². The first-order valence-corrected chi connectivity index (χ1v) is 7.16. The van der Waals surface area contributed by atoms with E-state index in [1.807, 2.05) is 42.6 Å². The first-order chi connectivity index (χ1) is 9.72. The number of hydrogen-bond donors (Lipinski definition) is 0. The predicted molar refractivity (Wildman–Crippen MR) is 80.4 cm³/mol. The monoisotopic (exact) mass is 289 g/mol. The van der Waals surface area contributed by atoms with Gasteiger partial charge in [0.05, 0.1) is 12.0 Å². The van der Waals surface area contributed by atoms with Crippen LogP contribution in [0.4, 0.5) is 5.13 Å². The Bertz CT molecular complexity index is 637. The zero-order chi connectivity index (χ0) is 13.9. The summed E-state index contributed by atoms with van der Waals surface area (Å²) in [6, 6.07) is 5.87. The SMILES string of the molecule is CN(C)C=Nc1nc(-c2ccc3c(c2)OCCO3)cs1. The molecule has 1 aliphatic heterocycles. The van der Waals surface area contributed by atoms with Gasteiger partial charge in [-0.15, -0.1) is 11.3 Å². The first kappa shape index (κ1) is 12.9. The summed E-state index contributed by atoms with van der Waals surface area (Å²) in [4.78, 5) is 10.7. The molecule has 3 rings (SSSR count). The molecule has 1 aromatic carbocycles. The van der Waals surface area contributed by atoms with Crippen molar-refractivity contribution in [2.45, 2.75) is 0 Å². The van der Waals surface area contributed by atoms with Crippen molar-refractivity contribution in [3.63, 3.8) is 0 Å². The fourth-order valence-electron chi connectivity index (χ4n) is 1.82. The number of thiazole rings is 1. The zero-order valence-electron chi connectivity index (χ0n) is 11.4. The molecule has 0 amide bonds. The lowest BCUT2D eigenvalue weighted by Gasteiger charge is -2.18. The number of aliphatic imine (C=N–C) groups is 1. The molecule has 1 aliphatic rings. The molecule has 0 unspecified atom stereocenters. The van der Waals surface area contributed by atoms with Crippen molar-refractivity contribution >= 4 is 22.8 Å². The summed E-state index contributed by atoms with van der Waals surface area (Å²) in [7, 11) is 3.86. The van der Waals surface area contributed by atoms with E-state index in [9.17, 15) is 0 Å². The zero-order valence-corrected chi connectivity index (χ0v) is 12.2. The summed E-state index contributed by atoms with van der Waals surface area (Å²) >= 11 is 1.52. The predicted octanol–water partition coefficient (Wildman–Crippen LogP) is 2.80. The number of hydrogen-bond acceptors (Lipinski definition) is 5. The van der Waals surface area contributed by atoms with E-state index in [2.05, 4.69) is 9.98 Å². The van der Waals surface area contributed by atoms with Crippen molar-refractivity contribution in [2.24, 2.45) is 4.99 Å². The summed E-state index contributed by atoms with van der Waals surface area (Å²) in [5.74, 6) is 1.57. The highest BCUT2D eigenvalue weighted by molar-refractivity contribution is 7.13. The van der Waals surface area contributed by atoms with E-state index in [1.54, 1.807) is 6.34 Å². The number of ether oxygens (including phenoxy) is 2. The maximum atomic E-state index is 5.59. The van der Waals surface area contributed by atoms with Gasteiger partial charge in [-0.2, -0.15) is 0 Å². The Morgan fingerprint density at radius 3 is 2.85 bits per heavy atom. The highest BCUT2D eigenvalue weighted by Crippen LogP contribution is 2.35. The molecular weight excluding hydrogens is 274 g/mol. The van der Waals surface area contributed by atoms with Gasteiger partial charge in [0.1, 0.15) is 13.2 Å². The van der Waals surface area contributed by atoms with Gasteiger partial charge in [-0.1, -0.05) is 0 Å². The molecular formula is C14H15N3O2S. The normalized spacial score (nSPS) is 13.7. The van der Waals surface area contributed by atoms with Crippen LogP contribution >= 0.6 is 11.3 Å². The van der Waals surface area contributed by atoms with Crippen LogP contribution in [0.1, 0.15) is 0 Å². The van der Waals surface area contributed by atoms with Crippen molar-refractivity contribution < 1.29 is 9.47 Å². The summed E-state index contributed by atoms with van der Waals surface area (Å²) < 4.78 is 11.1. The molecule has 0 aliphatic carbocycles. The van der Waals surface area contributed by atoms with E-state index in [0.717, 1.165) is 27.9 Å². The molecule has 0 bridgehead atoms. The molecule has 0 saturated carbocycles. The van der Waals surface area contributed by atoms with E-state index >= 15 is 0 Å². The van der Waals surface area contributed by atoms with Crippen molar-refractivity contribution in [3.8, 4) is 22.8 Å². The van der Waals surface area contributed by atoms with E-state index in [-0.39, 0.29) is 0 Å². The molecule has 0 fully saturated rings. The van der Waals surface area contributed by atoms with E-state index in [4.69, 9.17) is 9.47 Å². The van der Waals surface area contributed by atoms with Crippen molar-refractivity contribution in [3.05, 3.63) is 23.6 Å². The Morgan fingerprint density at radius 1 is 1.25 bits per heavy atom. The van der Waals surface area contributed by atoms with Gasteiger partial charge < -0.3 is 14.4 Å². The minimum atomic E-state index is 0.589. The third-order valence-electron chi connectivity index (χ3n) is 2.73. The first-order valence-electron chi connectivity index (χ1n) is 6.28. The van der Waals surface area contributed by atoms with Crippen LogP contribution in [0.15, 0.2) is 28.6 Å². The second-order valence-electron chi connectivity index (χ2n) is 4.58. The molecule has 0 atom stereocenters. The van der Waals surface area contributed by atoms with Gasteiger partial charge in [0, 0.05) is 25.0 Å². The standard InChI is InChI=1S/C14H15N3O2S/c1-17(2)9-15-14-16-11(8-20-14)10-3-4-12-13(7-10)19-6-5-18-12/h3-4,7-9H,5-6H2,1-2H3. The Hall–Kier alpha value is -2.08. The average molecular weight is 289 g/mol. The minimum absolute atomic E-state index is 0.589. The van der Waals surface area contributed by atoms with Gasteiger partial charge in [-0.3, -0.25) is 0 Å². The van der Waals surface area contributed by atoms with Gasteiger partial charge in [-0.25, -0.2) is 9.98 Å².